The lowest BCUT2D eigenvalue weighted by molar-refractivity contribution is 0.0475. The Morgan fingerprint density at radius 3 is 2.20 bits per heavy atom. The van der Waals surface area contributed by atoms with Gasteiger partial charge in [-0.05, 0) is 56.3 Å². The van der Waals surface area contributed by atoms with Crippen LogP contribution in [0.15, 0.2) is 42.5 Å². The normalized spacial score (nSPS) is 10.7. The molecule has 0 amide bonds. The highest BCUT2D eigenvalue weighted by atomic mass is 35.5. The molecule has 0 radical (unpaired) electrons. The van der Waals surface area contributed by atoms with Gasteiger partial charge in [0.2, 0.25) is 0 Å². The van der Waals surface area contributed by atoms with Gasteiger partial charge in [-0.25, -0.2) is 14.8 Å². The van der Waals surface area contributed by atoms with Crippen molar-refractivity contribution < 1.29 is 14.3 Å². The third-order valence-electron chi connectivity index (χ3n) is 3.81. The maximum atomic E-state index is 12.2. The fourth-order valence-corrected chi connectivity index (χ4v) is 2.42. The van der Waals surface area contributed by atoms with E-state index in [1.165, 1.54) is 0 Å². The minimum atomic E-state index is -0.579. The van der Waals surface area contributed by atoms with Crippen molar-refractivity contribution in [3.8, 4) is 0 Å². The van der Waals surface area contributed by atoms with E-state index in [0.29, 0.717) is 27.2 Å². The van der Waals surface area contributed by atoms with Gasteiger partial charge in [0.05, 0.1) is 28.0 Å². The lowest BCUT2D eigenvalue weighted by Gasteiger charge is -2.06. The summed E-state index contributed by atoms with van der Waals surface area (Å²) in [6.45, 7) is 3.40. The average molecular weight is 355 g/mol. The molecule has 0 fully saturated rings. The van der Waals surface area contributed by atoms with E-state index in [2.05, 4.69) is 9.97 Å². The Morgan fingerprint density at radius 1 is 0.920 bits per heavy atom. The van der Waals surface area contributed by atoms with E-state index in [9.17, 15) is 9.59 Å². The molecule has 3 aromatic rings. The number of Topliss-reactive ketones (excluding diaryl/α,β-unsaturated/α-hetero) is 1. The Morgan fingerprint density at radius 2 is 1.52 bits per heavy atom. The van der Waals surface area contributed by atoms with Crippen molar-refractivity contribution in [2.24, 2.45) is 0 Å². The number of hydrogen-bond donors (Lipinski definition) is 0. The van der Waals surface area contributed by atoms with Crippen molar-refractivity contribution in [3.63, 3.8) is 0 Å². The van der Waals surface area contributed by atoms with Gasteiger partial charge < -0.3 is 4.74 Å². The van der Waals surface area contributed by atoms with Crippen LogP contribution in [0.4, 0.5) is 0 Å². The maximum Gasteiger partial charge on any atom is 0.338 e. The number of nitrogens with zero attached hydrogens (tertiary/aromatic N) is 2. The molecule has 0 aliphatic heterocycles. The van der Waals surface area contributed by atoms with Crippen molar-refractivity contribution in [1.29, 1.82) is 0 Å². The topological polar surface area (TPSA) is 69.2 Å². The molecule has 0 N–H and O–H groups in total. The van der Waals surface area contributed by atoms with Crippen LogP contribution >= 0.6 is 11.6 Å². The number of aromatic nitrogens is 2. The third-order valence-corrected chi connectivity index (χ3v) is 4.06. The van der Waals surface area contributed by atoms with Crippen LogP contribution in [0, 0.1) is 13.8 Å². The van der Waals surface area contributed by atoms with E-state index in [1.54, 1.807) is 42.5 Å². The molecule has 0 bridgehead atoms. The highest BCUT2D eigenvalue weighted by Crippen LogP contribution is 2.15. The number of carbonyl (C=O) groups excluding carboxylic acids is 2. The highest BCUT2D eigenvalue weighted by Gasteiger charge is 2.13. The zero-order valence-corrected chi connectivity index (χ0v) is 14.5. The highest BCUT2D eigenvalue weighted by molar-refractivity contribution is 6.30. The number of esters is 1. The summed E-state index contributed by atoms with van der Waals surface area (Å²) < 4.78 is 5.11. The molecule has 25 heavy (non-hydrogen) atoms. The fraction of sp³-hybridized carbons (Fsp3) is 0.158. The quantitative estimate of drug-likeness (QED) is 0.524. The van der Waals surface area contributed by atoms with Gasteiger partial charge >= 0.3 is 5.97 Å². The molecule has 6 heteroatoms. The molecule has 3 rings (SSSR count). The van der Waals surface area contributed by atoms with Crippen LogP contribution in [-0.2, 0) is 4.74 Å². The molecule has 0 saturated carbocycles. The van der Waals surface area contributed by atoms with E-state index in [0.717, 1.165) is 11.4 Å². The number of halogens is 1. The van der Waals surface area contributed by atoms with Gasteiger partial charge in [0.25, 0.3) is 0 Å². The van der Waals surface area contributed by atoms with Gasteiger partial charge in [-0.15, -0.1) is 0 Å². The summed E-state index contributed by atoms with van der Waals surface area (Å²) in [5.74, 6) is -0.874. The minimum Gasteiger partial charge on any atom is -0.454 e. The zero-order valence-electron chi connectivity index (χ0n) is 13.7. The molecule has 0 aliphatic carbocycles. The van der Waals surface area contributed by atoms with Gasteiger partial charge in [0.1, 0.15) is 0 Å². The minimum absolute atomic E-state index is 0.294. The molecule has 1 heterocycles. The number of benzene rings is 2. The zero-order chi connectivity index (χ0) is 18.0. The van der Waals surface area contributed by atoms with E-state index >= 15 is 0 Å². The smallest absolute Gasteiger partial charge is 0.338 e. The molecule has 0 unspecified atom stereocenters. The summed E-state index contributed by atoms with van der Waals surface area (Å²) in [7, 11) is 0. The molecule has 0 spiro atoms. The standard InChI is InChI=1S/C19H15ClN2O3/c1-11-12(2)22-17-9-14(5-8-16(17)21-11)19(24)25-10-18(23)13-3-6-15(20)7-4-13/h3-9H,10H2,1-2H3. The maximum absolute atomic E-state index is 12.2. The van der Waals surface area contributed by atoms with E-state index in [-0.39, 0.29) is 12.4 Å². The predicted octanol–water partition coefficient (Wildman–Crippen LogP) is 3.94. The van der Waals surface area contributed by atoms with E-state index in [1.807, 2.05) is 13.8 Å². The van der Waals surface area contributed by atoms with Crippen LogP contribution < -0.4 is 0 Å². The van der Waals surface area contributed by atoms with Crippen LogP contribution in [0.5, 0.6) is 0 Å². The molecular formula is C19H15ClN2O3. The lowest BCUT2D eigenvalue weighted by atomic mass is 10.1. The SMILES string of the molecule is Cc1nc2ccc(C(=O)OCC(=O)c3ccc(Cl)cc3)cc2nc1C. The van der Waals surface area contributed by atoms with Crippen LogP contribution in [-0.4, -0.2) is 28.3 Å². The number of rotatable bonds is 4. The van der Waals surface area contributed by atoms with Crippen molar-refractivity contribution in [2.75, 3.05) is 6.61 Å². The Kier molecular flexibility index (Phi) is 4.76. The Labute approximate surface area is 149 Å². The van der Waals surface area contributed by atoms with Crippen molar-refractivity contribution in [3.05, 3.63) is 70.0 Å². The second-order valence-corrected chi connectivity index (χ2v) is 6.04. The van der Waals surface area contributed by atoms with Gasteiger partial charge in [0, 0.05) is 10.6 Å². The van der Waals surface area contributed by atoms with Crippen LogP contribution in [0.25, 0.3) is 11.0 Å². The fourth-order valence-electron chi connectivity index (χ4n) is 2.29. The molecule has 0 aliphatic rings. The molecular weight excluding hydrogens is 340 g/mol. The second-order valence-electron chi connectivity index (χ2n) is 5.60. The van der Waals surface area contributed by atoms with Gasteiger partial charge in [-0.2, -0.15) is 0 Å². The number of ether oxygens (including phenoxy) is 1. The number of aryl methyl sites for hydroxylation is 2. The first-order valence-corrected chi connectivity index (χ1v) is 8.03. The molecule has 2 aromatic carbocycles. The van der Waals surface area contributed by atoms with E-state index < -0.39 is 5.97 Å². The van der Waals surface area contributed by atoms with Gasteiger partial charge in [-0.3, -0.25) is 4.79 Å². The summed E-state index contributed by atoms with van der Waals surface area (Å²) in [6, 6.07) is 11.4. The number of fused-ring (bicyclic) bond motifs is 1. The summed E-state index contributed by atoms with van der Waals surface area (Å²) in [5, 5.41) is 0.538. The first kappa shape index (κ1) is 17.0. The Hall–Kier alpha value is -2.79. The van der Waals surface area contributed by atoms with E-state index in [4.69, 9.17) is 16.3 Å². The first-order chi connectivity index (χ1) is 11.9. The summed E-state index contributed by atoms with van der Waals surface area (Å²) in [4.78, 5) is 33.1. The molecule has 5 nitrogen and oxygen atoms in total. The predicted molar refractivity (Wildman–Crippen MR) is 95.1 cm³/mol. The van der Waals surface area contributed by atoms with Crippen molar-refractivity contribution in [2.45, 2.75) is 13.8 Å². The summed E-state index contributed by atoms with van der Waals surface area (Å²) >= 11 is 5.78. The average Bonchev–Trinajstić information content (AvgIpc) is 2.60. The molecule has 1 aromatic heterocycles. The molecule has 0 atom stereocenters. The summed E-state index contributed by atoms with van der Waals surface area (Å²) in [6.07, 6.45) is 0. The number of carbonyl (C=O) groups is 2. The molecule has 0 saturated heterocycles. The van der Waals surface area contributed by atoms with Gasteiger partial charge in [-0.1, -0.05) is 11.6 Å². The van der Waals surface area contributed by atoms with Gasteiger partial charge in [0.15, 0.2) is 12.4 Å². The third kappa shape index (κ3) is 3.83. The second kappa shape index (κ2) is 6.99. The number of ketones is 1. The van der Waals surface area contributed by atoms with Crippen molar-refractivity contribution in [1.82, 2.24) is 9.97 Å². The lowest BCUT2D eigenvalue weighted by Crippen LogP contribution is -2.14. The largest absolute Gasteiger partial charge is 0.454 e. The Bertz CT molecular complexity index is 968. The first-order valence-electron chi connectivity index (χ1n) is 7.65. The number of hydrogen-bond acceptors (Lipinski definition) is 5. The monoisotopic (exact) mass is 354 g/mol. The van der Waals surface area contributed by atoms with Crippen LogP contribution in [0.1, 0.15) is 32.1 Å². The van der Waals surface area contributed by atoms with Crippen LogP contribution in [0.3, 0.4) is 0 Å². The summed E-state index contributed by atoms with van der Waals surface area (Å²) in [5.41, 5.74) is 3.73. The Balaban J connectivity index is 1.72. The molecule has 126 valence electrons. The van der Waals surface area contributed by atoms with Crippen molar-refractivity contribution >= 4 is 34.4 Å². The van der Waals surface area contributed by atoms with Crippen LogP contribution in [0.2, 0.25) is 5.02 Å².